The summed E-state index contributed by atoms with van der Waals surface area (Å²) in [5.41, 5.74) is 0.582. The first-order chi connectivity index (χ1) is 20.3. The summed E-state index contributed by atoms with van der Waals surface area (Å²) in [4.78, 5) is 52.3. The van der Waals surface area contributed by atoms with Gasteiger partial charge in [-0.3, -0.25) is 0 Å². The fourth-order valence-corrected chi connectivity index (χ4v) is 2.33. The molecule has 0 fully saturated rings. The first-order valence-corrected chi connectivity index (χ1v) is 14.0. The molecule has 0 heterocycles. The second-order valence-corrected chi connectivity index (χ2v) is 8.66. The second-order valence-electron chi connectivity index (χ2n) is 8.66. The molecule has 0 bridgehead atoms. The van der Waals surface area contributed by atoms with E-state index in [-0.39, 0.29) is 43.1 Å². The lowest BCUT2D eigenvalue weighted by Crippen LogP contribution is -2.12. The van der Waals surface area contributed by atoms with Crippen LogP contribution in [-0.2, 0) is 42.9 Å². The predicted molar refractivity (Wildman–Crippen MR) is 166 cm³/mol. The zero-order chi connectivity index (χ0) is 34.1. The number of carboxylic acids is 1. The van der Waals surface area contributed by atoms with Gasteiger partial charge in [-0.15, -0.1) is 0 Å². The molecule has 0 saturated heterocycles. The summed E-state index contributed by atoms with van der Waals surface area (Å²) >= 11 is 0. The molecule has 0 radical (unpaired) electrons. The quantitative estimate of drug-likeness (QED) is 0.0894. The van der Waals surface area contributed by atoms with Crippen molar-refractivity contribution in [1.82, 2.24) is 0 Å². The molecule has 0 amide bonds. The standard InChI is InChI=1S/C11H20O2.C9H12O5.C7H12O2.C5H8O2/c1-4-7-8-10(5-2)9-13-11(12)6-3;1-7(3-2-4-8(11)12)9(13)14-6-5-10;1-3-5-6-9-7(8)4-2;1-4(2)5(6)7-3/h6,10H,3-5,7-9H2,1-2H3;2,4,10H,1,3,5-6H2,(H,11,12);4H,2-3,5-6H2,1H3;1H2,2-3H3. The largest absolute Gasteiger partial charge is 0.478 e. The monoisotopic (exact) mass is 612 g/mol. The fourth-order valence-electron chi connectivity index (χ4n) is 2.33. The number of rotatable bonds is 18. The van der Waals surface area contributed by atoms with Crippen molar-refractivity contribution in [3.8, 4) is 0 Å². The van der Waals surface area contributed by atoms with Crippen molar-refractivity contribution in [3.05, 3.63) is 61.8 Å². The zero-order valence-corrected chi connectivity index (χ0v) is 26.6. The van der Waals surface area contributed by atoms with Gasteiger partial charge in [-0.1, -0.05) is 78.8 Å². The highest BCUT2D eigenvalue weighted by Gasteiger charge is 2.08. The van der Waals surface area contributed by atoms with E-state index in [9.17, 15) is 24.0 Å². The number of aliphatic carboxylic acids is 1. The Morgan fingerprint density at radius 3 is 1.79 bits per heavy atom. The summed E-state index contributed by atoms with van der Waals surface area (Å²) in [5.74, 6) is -2.18. The van der Waals surface area contributed by atoms with Crippen molar-refractivity contribution < 1.29 is 53.1 Å². The summed E-state index contributed by atoms with van der Waals surface area (Å²) in [6, 6.07) is 0. The highest BCUT2D eigenvalue weighted by Crippen LogP contribution is 2.12. The molecule has 0 aliphatic rings. The van der Waals surface area contributed by atoms with Crippen LogP contribution in [0.3, 0.4) is 0 Å². The fraction of sp³-hybridized carbons (Fsp3) is 0.531. The first-order valence-electron chi connectivity index (χ1n) is 14.0. The van der Waals surface area contributed by atoms with Crippen molar-refractivity contribution in [2.45, 2.75) is 72.6 Å². The maximum absolute atomic E-state index is 11.0. The summed E-state index contributed by atoms with van der Waals surface area (Å²) in [5, 5.41) is 16.6. The van der Waals surface area contributed by atoms with Crippen LogP contribution in [-0.4, -0.2) is 73.6 Å². The Labute approximate surface area is 256 Å². The Morgan fingerprint density at radius 1 is 0.837 bits per heavy atom. The lowest BCUT2D eigenvalue weighted by Gasteiger charge is -2.13. The Hall–Kier alpha value is -3.99. The number of carboxylic acid groups (broad SMARTS) is 1. The van der Waals surface area contributed by atoms with Gasteiger partial charge in [0.1, 0.15) is 6.61 Å². The Morgan fingerprint density at radius 2 is 1.40 bits per heavy atom. The van der Waals surface area contributed by atoms with Crippen molar-refractivity contribution in [2.24, 2.45) is 5.92 Å². The number of unbranched alkanes of at least 4 members (excludes halogenated alkanes) is 2. The molecule has 0 aromatic carbocycles. The minimum atomic E-state index is -1.08. The van der Waals surface area contributed by atoms with E-state index in [1.165, 1.54) is 38.2 Å². The normalized spacial score (nSPS) is 10.0. The molecule has 0 spiro atoms. The SMILES string of the molecule is C=C(C)C(=O)OC.C=C(CC=CC(=O)O)C(=O)OCCO.C=CC(=O)OCC(CC)CCCC.C=CC(=O)OCCCC. The van der Waals surface area contributed by atoms with Crippen LogP contribution in [0.2, 0.25) is 0 Å². The Bertz CT molecular complexity index is 873. The highest BCUT2D eigenvalue weighted by molar-refractivity contribution is 5.88. The number of carbonyl (C=O) groups is 5. The lowest BCUT2D eigenvalue weighted by atomic mass is 10.0. The van der Waals surface area contributed by atoms with Gasteiger partial charge in [-0.25, -0.2) is 24.0 Å². The second kappa shape index (κ2) is 34.2. The van der Waals surface area contributed by atoms with Crippen LogP contribution in [0.1, 0.15) is 72.6 Å². The summed E-state index contributed by atoms with van der Waals surface area (Å²) in [7, 11) is 1.33. The average Bonchev–Trinajstić information content (AvgIpc) is 2.99. The number of aliphatic hydroxyl groups excluding tert-OH is 1. The van der Waals surface area contributed by atoms with E-state index in [0.29, 0.717) is 24.7 Å². The number of methoxy groups -OCH3 is 1. The number of aliphatic hydroxyl groups is 1. The van der Waals surface area contributed by atoms with Crippen LogP contribution >= 0.6 is 0 Å². The average molecular weight is 613 g/mol. The van der Waals surface area contributed by atoms with E-state index in [4.69, 9.17) is 14.9 Å². The lowest BCUT2D eigenvalue weighted by molar-refractivity contribution is -0.140. The molecule has 0 saturated carbocycles. The van der Waals surface area contributed by atoms with E-state index in [1.807, 2.05) is 6.92 Å². The highest BCUT2D eigenvalue weighted by atomic mass is 16.5. The molecular formula is C32H52O11. The zero-order valence-electron chi connectivity index (χ0n) is 26.6. The third kappa shape index (κ3) is 38.0. The molecule has 0 aromatic heterocycles. The smallest absolute Gasteiger partial charge is 0.333 e. The number of allylic oxidation sites excluding steroid dienone is 1. The molecule has 0 rings (SSSR count). The van der Waals surface area contributed by atoms with E-state index in [2.05, 4.69) is 54.4 Å². The van der Waals surface area contributed by atoms with Gasteiger partial charge in [0.2, 0.25) is 0 Å². The molecule has 0 aliphatic carbocycles. The maximum Gasteiger partial charge on any atom is 0.333 e. The summed E-state index contributed by atoms with van der Waals surface area (Å²) in [6.07, 6.45) is 11.3. The third-order valence-electron chi connectivity index (χ3n) is 4.85. The number of esters is 4. The van der Waals surface area contributed by atoms with Crippen LogP contribution in [0, 0.1) is 5.92 Å². The van der Waals surface area contributed by atoms with E-state index in [1.54, 1.807) is 6.92 Å². The van der Waals surface area contributed by atoms with Gasteiger partial charge in [-0.05, 0) is 32.1 Å². The number of carbonyl (C=O) groups excluding carboxylic acids is 4. The Kier molecular flexibility index (Phi) is 36.6. The molecule has 0 aliphatic heterocycles. The van der Waals surface area contributed by atoms with Crippen molar-refractivity contribution in [3.63, 3.8) is 0 Å². The maximum atomic E-state index is 11.0. The molecule has 0 aromatic rings. The van der Waals surface area contributed by atoms with E-state index < -0.39 is 11.9 Å². The molecule has 2 N–H and O–H groups in total. The van der Waals surface area contributed by atoms with E-state index in [0.717, 1.165) is 31.8 Å². The topological polar surface area (TPSA) is 163 Å². The van der Waals surface area contributed by atoms with Crippen molar-refractivity contribution >= 4 is 29.8 Å². The molecule has 11 heteroatoms. The first kappa shape index (κ1) is 46.0. The van der Waals surface area contributed by atoms with Gasteiger partial charge in [-0.2, -0.15) is 0 Å². The number of ether oxygens (including phenoxy) is 4. The van der Waals surface area contributed by atoms with Gasteiger partial charge in [0.25, 0.3) is 0 Å². The predicted octanol–water partition coefficient (Wildman–Crippen LogP) is 5.29. The van der Waals surface area contributed by atoms with Crippen molar-refractivity contribution in [2.75, 3.05) is 33.5 Å². The van der Waals surface area contributed by atoms with Crippen molar-refractivity contribution in [1.29, 1.82) is 0 Å². The number of hydrogen-bond donors (Lipinski definition) is 2. The molecule has 246 valence electrons. The van der Waals surface area contributed by atoms with Gasteiger partial charge in [0.15, 0.2) is 0 Å². The number of hydrogen-bond acceptors (Lipinski definition) is 10. The Balaban J connectivity index is -0.000000244. The van der Waals surface area contributed by atoms with Crippen LogP contribution in [0.5, 0.6) is 0 Å². The van der Waals surface area contributed by atoms with Crippen LogP contribution in [0.4, 0.5) is 0 Å². The molecule has 43 heavy (non-hydrogen) atoms. The van der Waals surface area contributed by atoms with Crippen LogP contribution in [0.25, 0.3) is 0 Å². The summed E-state index contributed by atoms with van der Waals surface area (Å²) < 4.78 is 18.5. The van der Waals surface area contributed by atoms with Gasteiger partial charge in [0, 0.05) is 29.4 Å². The minimum absolute atomic E-state index is 0.0828. The summed E-state index contributed by atoms with van der Waals surface area (Å²) in [6.45, 7) is 22.0. The van der Waals surface area contributed by atoms with E-state index >= 15 is 0 Å². The third-order valence-corrected chi connectivity index (χ3v) is 4.85. The van der Waals surface area contributed by atoms with Crippen LogP contribution in [0.15, 0.2) is 61.8 Å². The van der Waals surface area contributed by atoms with Gasteiger partial charge < -0.3 is 29.2 Å². The molecule has 11 nitrogen and oxygen atoms in total. The van der Waals surface area contributed by atoms with Gasteiger partial charge in [0.05, 0.1) is 26.9 Å². The molecular weight excluding hydrogens is 560 g/mol. The molecule has 1 unspecified atom stereocenters. The molecule has 1 atom stereocenters. The van der Waals surface area contributed by atoms with Gasteiger partial charge >= 0.3 is 29.8 Å². The van der Waals surface area contributed by atoms with Crippen LogP contribution < -0.4 is 0 Å². The minimum Gasteiger partial charge on any atom is -0.478 e.